The highest BCUT2D eigenvalue weighted by molar-refractivity contribution is 5.86. The molecule has 0 aromatic rings. The third-order valence-corrected chi connectivity index (χ3v) is 4.60. The molecule has 0 aliphatic heterocycles. The smallest absolute Gasteiger partial charge is 0.303 e. The van der Waals surface area contributed by atoms with E-state index in [2.05, 4.69) is 19.1 Å². The van der Waals surface area contributed by atoms with Crippen LogP contribution in [0.3, 0.4) is 0 Å². The number of carboxylic acids is 1. The molecule has 0 saturated heterocycles. The molecule has 0 aromatic carbocycles. The summed E-state index contributed by atoms with van der Waals surface area (Å²) in [7, 11) is 0. The standard InChI is InChI=1S/C22H32O5/c1-2-3-4-5-6-8-11-17(23)14-15-19-18(20(24)16-21(19)25)12-9-7-10-13-22(26)27/h3-4,6-9,14-15,17-20,23-24H,2,5,10-13,16H2,1H3,(H,26,27)/b4-3-,8-6-,9-7-,15-14+/t17-,18+,19+,20-/m0/s1. The number of aliphatic hydroxyl groups is 2. The number of rotatable bonds is 12. The van der Waals surface area contributed by atoms with Gasteiger partial charge in [-0.25, -0.2) is 0 Å². The average Bonchev–Trinajstić information content (AvgIpc) is 2.88. The van der Waals surface area contributed by atoms with E-state index in [1.807, 2.05) is 18.2 Å². The van der Waals surface area contributed by atoms with Gasteiger partial charge in [0.15, 0.2) is 0 Å². The van der Waals surface area contributed by atoms with Crippen LogP contribution in [0.15, 0.2) is 48.6 Å². The van der Waals surface area contributed by atoms with E-state index in [1.54, 1.807) is 18.2 Å². The topological polar surface area (TPSA) is 94.8 Å². The van der Waals surface area contributed by atoms with Crippen LogP contribution in [0.2, 0.25) is 0 Å². The second kappa shape index (κ2) is 13.2. The van der Waals surface area contributed by atoms with E-state index in [-0.39, 0.29) is 24.5 Å². The van der Waals surface area contributed by atoms with Gasteiger partial charge in [0.25, 0.3) is 0 Å². The molecule has 0 heterocycles. The Kier molecular flexibility index (Phi) is 11.3. The third kappa shape index (κ3) is 9.50. The molecule has 5 nitrogen and oxygen atoms in total. The number of aliphatic hydroxyl groups excluding tert-OH is 2. The molecule has 1 fully saturated rings. The molecule has 1 saturated carbocycles. The van der Waals surface area contributed by atoms with Gasteiger partial charge in [-0.1, -0.05) is 55.5 Å². The van der Waals surface area contributed by atoms with Gasteiger partial charge in [0, 0.05) is 24.7 Å². The SMILES string of the molecule is CC/C=C\C/C=C\C[C@H](O)/C=C/[C@H]1C(=O)C[C@H](O)[C@@H]1C/C=C\CCC(=O)O. The molecule has 5 heteroatoms. The Morgan fingerprint density at radius 3 is 2.63 bits per heavy atom. The van der Waals surface area contributed by atoms with E-state index in [9.17, 15) is 19.8 Å². The summed E-state index contributed by atoms with van der Waals surface area (Å²) < 4.78 is 0. The summed E-state index contributed by atoms with van der Waals surface area (Å²) in [6.45, 7) is 2.08. The monoisotopic (exact) mass is 376 g/mol. The molecule has 0 amide bonds. The van der Waals surface area contributed by atoms with Crippen LogP contribution in [0.5, 0.6) is 0 Å². The van der Waals surface area contributed by atoms with Crippen molar-refractivity contribution in [2.24, 2.45) is 11.8 Å². The van der Waals surface area contributed by atoms with Crippen LogP contribution in [0.25, 0.3) is 0 Å². The summed E-state index contributed by atoms with van der Waals surface area (Å²) >= 11 is 0. The minimum Gasteiger partial charge on any atom is -0.481 e. The average molecular weight is 376 g/mol. The second-order valence-electron chi connectivity index (χ2n) is 6.84. The van der Waals surface area contributed by atoms with Crippen molar-refractivity contribution in [2.45, 2.75) is 64.1 Å². The first kappa shape index (κ1) is 23.1. The molecule has 0 spiro atoms. The van der Waals surface area contributed by atoms with E-state index >= 15 is 0 Å². The zero-order chi connectivity index (χ0) is 20.1. The number of Topliss-reactive ketones (excluding diaryl/α,β-unsaturated/α-hetero) is 1. The van der Waals surface area contributed by atoms with Gasteiger partial charge in [-0.05, 0) is 32.1 Å². The first-order valence-electron chi connectivity index (χ1n) is 9.69. The van der Waals surface area contributed by atoms with Gasteiger partial charge in [0.2, 0.25) is 0 Å². The van der Waals surface area contributed by atoms with Crippen LogP contribution in [-0.2, 0) is 9.59 Å². The fourth-order valence-corrected chi connectivity index (χ4v) is 3.10. The van der Waals surface area contributed by atoms with Gasteiger partial charge < -0.3 is 15.3 Å². The molecular formula is C22H32O5. The molecule has 1 aliphatic carbocycles. The Hall–Kier alpha value is -1.98. The maximum absolute atomic E-state index is 12.1. The number of aliphatic carboxylic acids is 1. The summed E-state index contributed by atoms with van der Waals surface area (Å²) in [5.74, 6) is -1.50. The number of ketones is 1. The van der Waals surface area contributed by atoms with Crippen LogP contribution < -0.4 is 0 Å². The number of hydrogen-bond donors (Lipinski definition) is 3. The van der Waals surface area contributed by atoms with Gasteiger partial charge >= 0.3 is 5.97 Å². The largest absolute Gasteiger partial charge is 0.481 e. The highest BCUT2D eigenvalue weighted by atomic mass is 16.4. The van der Waals surface area contributed by atoms with Crippen molar-refractivity contribution in [2.75, 3.05) is 0 Å². The molecule has 1 rings (SSSR count). The third-order valence-electron chi connectivity index (χ3n) is 4.60. The molecule has 1 aliphatic rings. The Bertz CT molecular complexity index is 573. The Morgan fingerprint density at radius 1 is 1.19 bits per heavy atom. The lowest BCUT2D eigenvalue weighted by molar-refractivity contribution is -0.136. The van der Waals surface area contributed by atoms with E-state index < -0.39 is 24.1 Å². The molecule has 150 valence electrons. The summed E-state index contributed by atoms with van der Waals surface area (Å²) in [6.07, 6.45) is 17.2. The van der Waals surface area contributed by atoms with Crippen LogP contribution in [0.1, 0.15) is 51.9 Å². The Labute approximate surface area is 161 Å². The quantitative estimate of drug-likeness (QED) is 0.453. The van der Waals surface area contributed by atoms with Crippen molar-refractivity contribution in [1.82, 2.24) is 0 Å². The minimum absolute atomic E-state index is 0.0184. The molecule has 4 atom stereocenters. The molecule has 0 radical (unpaired) electrons. The molecule has 0 unspecified atom stereocenters. The molecule has 0 bridgehead atoms. The summed E-state index contributed by atoms with van der Waals surface area (Å²) in [5.41, 5.74) is 0. The lowest BCUT2D eigenvalue weighted by atomic mass is 9.90. The van der Waals surface area contributed by atoms with E-state index in [4.69, 9.17) is 5.11 Å². The predicted octanol–water partition coefficient (Wildman–Crippen LogP) is 3.58. The van der Waals surface area contributed by atoms with Gasteiger partial charge in [-0.15, -0.1) is 0 Å². The Balaban J connectivity index is 2.50. The fraction of sp³-hybridized carbons (Fsp3) is 0.545. The number of carbonyl (C=O) groups excluding carboxylic acids is 1. The van der Waals surface area contributed by atoms with Crippen LogP contribution in [0.4, 0.5) is 0 Å². The Morgan fingerprint density at radius 2 is 1.93 bits per heavy atom. The van der Waals surface area contributed by atoms with Crippen molar-refractivity contribution in [3.8, 4) is 0 Å². The highest BCUT2D eigenvalue weighted by Gasteiger charge is 2.39. The molecule has 3 N–H and O–H groups in total. The maximum atomic E-state index is 12.1. The summed E-state index contributed by atoms with van der Waals surface area (Å²) in [4.78, 5) is 22.6. The first-order chi connectivity index (χ1) is 13.0. The van der Waals surface area contributed by atoms with E-state index in [1.165, 1.54) is 0 Å². The molecule has 0 aromatic heterocycles. The maximum Gasteiger partial charge on any atom is 0.303 e. The highest BCUT2D eigenvalue weighted by Crippen LogP contribution is 2.33. The van der Waals surface area contributed by atoms with Crippen molar-refractivity contribution in [3.05, 3.63) is 48.6 Å². The van der Waals surface area contributed by atoms with Gasteiger partial charge in [0.05, 0.1) is 12.2 Å². The number of carbonyl (C=O) groups is 2. The van der Waals surface area contributed by atoms with Crippen molar-refractivity contribution >= 4 is 11.8 Å². The fourth-order valence-electron chi connectivity index (χ4n) is 3.10. The number of carboxylic acid groups (broad SMARTS) is 1. The molecular weight excluding hydrogens is 344 g/mol. The first-order valence-corrected chi connectivity index (χ1v) is 9.69. The van der Waals surface area contributed by atoms with Crippen molar-refractivity contribution in [1.29, 1.82) is 0 Å². The number of hydrogen-bond acceptors (Lipinski definition) is 4. The normalized spacial score (nSPS) is 24.9. The van der Waals surface area contributed by atoms with Gasteiger partial charge in [-0.3, -0.25) is 9.59 Å². The lowest BCUT2D eigenvalue weighted by Gasteiger charge is -2.16. The number of allylic oxidation sites excluding steroid dienone is 6. The summed E-state index contributed by atoms with van der Waals surface area (Å²) in [6, 6.07) is 0. The molecule has 27 heavy (non-hydrogen) atoms. The van der Waals surface area contributed by atoms with Gasteiger partial charge in [-0.2, -0.15) is 0 Å². The second-order valence-corrected chi connectivity index (χ2v) is 6.84. The zero-order valence-electron chi connectivity index (χ0n) is 16.0. The van der Waals surface area contributed by atoms with Crippen LogP contribution in [0, 0.1) is 11.8 Å². The minimum atomic E-state index is -0.846. The van der Waals surface area contributed by atoms with Gasteiger partial charge in [0.1, 0.15) is 5.78 Å². The van der Waals surface area contributed by atoms with Crippen molar-refractivity contribution < 1.29 is 24.9 Å². The van der Waals surface area contributed by atoms with Crippen LogP contribution >= 0.6 is 0 Å². The van der Waals surface area contributed by atoms with E-state index in [0.717, 1.165) is 12.8 Å². The van der Waals surface area contributed by atoms with Crippen LogP contribution in [-0.4, -0.2) is 39.3 Å². The van der Waals surface area contributed by atoms with Crippen molar-refractivity contribution in [3.63, 3.8) is 0 Å². The zero-order valence-corrected chi connectivity index (χ0v) is 16.0. The predicted molar refractivity (Wildman–Crippen MR) is 106 cm³/mol. The summed E-state index contributed by atoms with van der Waals surface area (Å²) in [5, 5.41) is 28.8. The van der Waals surface area contributed by atoms with E-state index in [0.29, 0.717) is 19.3 Å². The lowest BCUT2D eigenvalue weighted by Crippen LogP contribution is -2.19.